The molecule has 0 fully saturated rings. The van der Waals surface area contributed by atoms with Crippen LogP contribution in [-0.2, 0) is 14.8 Å². The zero-order valence-electron chi connectivity index (χ0n) is 11.0. The molecule has 0 spiro atoms. The summed E-state index contributed by atoms with van der Waals surface area (Å²) in [6, 6.07) is 0.289. The molecule has 17 heavy (non-hydrogen) atoms. The van der Waals surface area contributed by atoms with Gasteiger partial charge in [-0.05, 0) is 0 Å². The van der Waals surface area contributed by atoms with Crippen molar-refractivity contribution in [2.24, 2.45) is 0 Å². The van der Waals surface area contributed by atoms with Crippen molar-refractivity contribution in [2.75, 3.05) is 39.1 Å². The van der Waals surface area contributed by atoms with Crippen molar-refractivity contribution in [1.82, 2.24) is 9.62 Å². The molecule has 0 unspecified atom stereocenters. The Bertz CT molecular complexity index is 302. The number of sulfonamides is 1. The average Bonchev–Trinajstić information content (AvgIpc) is 2.23. The molecule has 0 atom stereocenters. The molecule has 1 N–H and O–H groups in total. The Morgan fingerprint density at radius 1 is 1.47 bits per heavy atom. The van der Waals surface area contributed by atoms with Gasteiger partial charge in [0.25, 0.3) is 0 Å². The van der Waals surface area contributed by atoms with Crippen molar-refractivity contribution < 1.29 is 13.2 Å². The third-order valence-electron chi connectivity index (χ3n) is 2.18. The summed E-state index contributed by atoms with van der Waals surface area (Å²) in [4.78, 5) is 0. The van der Waals surface area contributed by atoms with Crippen molar-refractivity contribution in [3.05, 3.63) is 12.7 Å². The second-order valence-corrected chi connectivity index (χ2v) is 6.15. The Balaban J connectivity index is 4.32. The second kappa shape index (κ2) is 8.63. The number of nitrogens with one attached hydrogen (secondary N) is 1. The smallest absolute Gasteiger partial charge is 0.215 e. The molecule has 0 heterocycles. The van der Waals surface area contributed by atoms with E-state index in [-0.39, 0.29) is 11.8 Å². The van der Waals surface area contributed by atoms with E-state index in [1.165, 1.54) is 4.31 Å². The van der Waals surface area contributed by atoms with Gasteiger partial charge >= 0.3 is 0 Å². The van der Waals surface area contributed by atoms with Gasteiger partial charge in [-0.25, -0.2) is 8.42 Å². The molecular weight excluding hydrogens is 240 g/mol. The third-order valence-corrected chi connectivity index (χ3v) is 4.02. The predicted octanol–water partition coefficient (Wildman–Crippen LogP) is 0.449. The van der Waals surface area contributed by atoms with Crippen molar-refractivity contribution >= 4 is 10.0 Å². The van der Waals surface area contributed by atoms with Gasteiger partial charge in [0.15, 0.2) is 0 Å². The van der Waals surface area contributed by atoms with Gasteiger partial charge in [0, 0.05) is 32.8 Å². The van der Waals surface area contributed by atoms with Gasteiger partial charge in [-0.15, -0.1) is 6.58 Å². The maximum Gasteiger partial charge on any atom is 0.215 e. The van der Waals surface area contributed by atoms with E-state index in [2.05, 4.69) is 11.9 Å². The van der Waals surface area contributed by atoms with Crippen molar-refractivity contribution in [3.63, 3.8) is 0 Å². The molecule has 0 aliphatic heterocycles. The van der Waals surface area contributed by atoms with E-state index in [4.69, 9.17) is 4.74 Å². The molecule has 0 rings (SSSR count). The van der Waals surface area contributed by atoms with Crippen LogP contribution in [0.4, 0.5) is 0 Å². The molecule has 5 nitrogen and oxygen atoms in total. The Kier molecular flexibility index (Phi) is 8.41. The number of hydrogen-bond donors (Lipinski definition) is 1. The van der Waals surface area contributed by atoms with Gasteiger partial charge in [0.2, 0.25) is 10.0 Å². The molecule has 0 bridgehead atoms. The molecule has 6 heteroatoms. The zero-order chi connectivity index (χ0) is 13.3. The van der Waals surface area contributed by atoms with Crippen molar-refractivity contribution in [3.8, 4) is 0 Å². The minimum Gasteiger partial charge on any atom is -0.383 e. The van der Waals surface area contributed by atoms with Gasteiger partial charge in [0.1, 0.15) is 0 Å². The van der Waals surface area contributed by atoms with Gasteiger partial charge in [-0.3, -0.25) is 0 Å². The van der Waals surface area contributed by atoms with E-state index in [1.54, 1.807) is 13.2 Å². The first-order valence-corrected chi connectivity index (χ1v) is 7.36. The van der Waals surface area contributed by atoms with Crippen molar-refractivity contribution in [2.45, 2.75) is 19.9 Å². The number of rotatable bonds is 10. The minimum atomic E-state index is -3.23. The lowest BCUT2D eigenvalue weighted by Crippen LogP contribution is -2.39. The predicted molar refractivity (Wildman–Crippen MR) is 70.6 cm³/mol. The van der Waals surface area contributed by atoms with Crippen LogP contribution in [0.5, 0.6) is 0 Å². The first-order valence-electron chi connectivity index (χ1n) is 5.75. The fourth-order valence-corrected chi connectivity index (χ4v) is 2.61. The summed E-state index contributed by atoms with van der Waals surface area (Å²) in [7, 11) is -1.68. The normalized spacial score (nSPS) is 12.3. The van der Waals surface area contributed by atoms with Crippen LogP contribution in [0.2, 0.25) is 0 Å². The van der Waals surface area contributed by atoms with E-state index in [9.17, 15) is 8.42 Å². The summed E-state index contributed by atoms with van der Waals surface area (Å²) in [6.07, 6.45) is 1.59. The SMILES string of the molecule is C=CCN(CCOC)S(=O)(=O)CCNC(C)C. The fourth-order valence-electron chi connectivity index (χ4n) is 1.29. The third kappa shape index (κ3) is 7.49. The van der Waals surface area contributed by atoms with Gasteiger partial charge in [-0.2, -0.15) is 4.31 Å². The fraction of sp³-hybridized carbons (Fsp3) is 0.818. The molecular formula is C11H24N2O3S. The van der Waals surface area contributed by atoms with E-state index >= 15 is 0 Å². The van der Waals surface area contributed by atoms with E-state index in [0.29, 0.717) is 26.2 Å². The summed E-state index contributed by atoms with van der Waals surface area (Å²) >= 11 is 0. The summed E-state index contributed by atoms with van der Waals surface area (Å²) in [5.74, 6) is 0.0999. The second-order valence-electron chi connectivity index (χ2n) is 4.06. The van der Waals surface area contributed by atoms with E-state index in [0.717, 1.165) is 0 Å². The highest BCUT2D eigenvalue weighted by atomic mass is 32.2. The molecule has 0 saturated carbocycles. The molecule has 0 amide bonds. The Morgan fingerprint density at radius 2 is 2.12 bits per heavy atom. The highest BCUT2D eigenvalue weighted by Gasteiger charge is 2.19. The number of nitrogens with zero attached hydrogens (tertiary/aromatic N) is 1. The first kappa shape index (κ1) is 16.6. The van der Waals surface area contributed by atoms with Crippen LogP contribution in [-0.4, -0.2) is 57.9 Å². The van der Waals surface area contributed by atoms with Gasteiger partial charge in [0.05, 0.1) is 12.4 Å². The summed E-state index contributed by atoms with van der Waals surface area (Å²) in [6.45, 7) is 9.09. The molecule has 0 aromatic carbocycles. The summed E-state index contributed by atoms with van der Waals surface area (Å²) in [5.41, 5.74) is 0. The summed E-state index contributed by atoms with van der Waals surface area (Å²) < 4.78 is 30.3. The standard InChI is InChI=1S/C11H24N2O3S/c1-5-7-13(8-9-16-4)17(14,15)10-6-12-11(2)3/h5,11-12H,1,6-10H2,2-4H3. The topological polar surface area (TPSA) is 58.6 Å². The number of hydrogen-bond acceptors (Lipinski definition) is 4. The van der Waals surface area contributed by atoms with Crippen LogP contribution in [0.15, 0.2) is 12.7 Å². The summed E-state index contributed by atoms with van der Waals surface area (Å²) in [5, 5.41) is 3.09. The maximum atomic E-state index is 12.0. The monoisotopic (exact) mass is 264 g/mol. The lowest BCUT2D eigenvalue weighted by molar-refractivity contribution is 0.182. The minimum absolute atomic E-state index is 0.0999. The van der Waals surface area contributed by atoms with Gasteiger partial charge in [-0.1, -0.05) is 19.9 Å². The Morgan fingerprint density at radius 3 is 2.59 bits per heavy atom. The Labute approximate surface area is 105 Å². The van der Waals surface area contributed by atoms with Crippen LogP contribution < -0.4 is 5.32 Å². The molecule has 0 radical (unpaired) electrons. The number of methoxy groups -OCH3 is 1. The highest BCUT2D eigenvalue weighted by molar-refractivity contribution is 7.89. The molecule has 0 aromatic rings. The maximum absolute atomic E-state index is 12.0. The molecule has 0 aliphatic carbocycles. The number of ether oxygens (including phenoxy) is 1. The molecule has 0 aliphatic rings. The van der Waals surface area contributed by atoms with Crippen LogP contribution in [0, 0.1) is 0 Å². The lowest BCUT2D eigenvalue weighted by Gasteiger charge is -2.20. The van der Waals surface area contributed by atoms with E-state index < -0.39 is 10.0 Å². The highest BCUT2D eigenvalue weighted by Crippen LogP contribution is 2.01. The quantitative estimate of drug-likeness (QED) is 0.582. The van der Waals surface area contributed by atoms with E-state index in [1.807, 2.05) is 13.8 Å². The molecule has 0 aromatic heterocycles. The molecule has 102 valence electrons. The van der Waals surface area contributed by atoms with Crippen LogP contribution in [0.3, 0.4) is 0 Å². The lowest BCUT2D eigenvalue weighted by atomic mass is 10.4. The van der Waals surface area contributed by atoms with Gasteiger partial charge < -0.3 is 10.1 Å². The molecule has 0 saturated heterocycles. The zero-order valence-corrected chi connectivity index (χ0v) is 11.8. The van der Waals surface area contributed by atoms with Crippen LogP contribution >= 0.6 is 0 Å². The average molecular weight is 264 g/mol. The van der Waals surface area contributed by atoms with Crippen LogP contribution in [0.1, 0.15) is 13.8 Å². The van der Waals surface area contributed by atoms with Crippen molar-refractivity contribution in [1.29, 1.82) is 0 Å². The largest absolute Gasteiger partial charge is 0.383 e. The Hall–Kier alpha value is -0.430. The van der Waals surface area contributed by atoms with Crippen LogP contribution in [0.25, 0.3) is 0 Å². The first-order chi connectivity index (χ1) is 7.94.